The summed E-state index contributed by atoms with van der Waals surface area (Å²) in [6.07, 6.45) is 0.849. The third-order valence-electron chi connectivity index (χ3n) is 3.17. The monoisotopic (exact) mass is 279 g/mol. The lowest BCUT2D eigenvalue weighted by molar-refractivity contribution is 0.0288. The highest BCUT2D eigenvalue weighted by atomic mass is 16.6. The molecule has 0 unspecified atom stereocenters. The molecule has 1 aromatic rings. The smallest absolute Gasteiger partial charge is 0.338 e. The van der Waals surface area contributed by atoms with Gasteiger partial charge in [-0.3, -0.25) is 0 Å². The van der Waals surface area contributed by atoms with Gasteiger partial charge in [-0.05, 0) is 29.7 Å². The van der Waals surface area contributed by atoms with E-state index in [2.05, 4.69) is 5.32 Å². The molecule has 1 N–H and O–H groups in total. The maximum absolute atomic E-state index is 11.9. The number of carbonyl (C=O) groups is 1. The second kappa shape index (κ2) is 7.99. The molecular formula is C15H21NO4. The van der Waals surface area contributed by atoms with Crippen molar-refractivity contribution in [3.8, 4) is 0 Å². The lowest BCUT2D eigenvalue weighted by Gasteiger charge is -2.07. The van der Waals surface area contributed by atoms with Gasteiger partial charge in [-0.1, -0.05) is 6.07 Å². The molecule has 5 nitrogen and oxygen atoms in total. The van der Waals surface area contributed by atoms with Crippen LogP contribution in [0.2, 0.25) is 0 Å². The third-order valence-corrected chi connectivity index (χ3v) is 3.17. The van der Waals surface area contributed by atoms with E-state index in [-0.39, 0.29) is 12.6 Å². The molecule has 1 aliphatic rings. The van der Waals surface area contributed by atoms with Gasteiger partial charge in [-0.15, -0.1) is 0 Å². The summed E-state index contributed by atoms with van der Waals surface area (Å²) in [6, 6.07) is 5.69. The van der Waals surface area contributed by atoms with E-state index in [9.17, 15) is 4.79 Å². The Balaban J connectivity index is 1.67. The molecule has 1 heterocycles. The molecule has 0 fully saturated rings. The third kappa shape index (κ3) is 4.30. The highest BCUT2D eigenvalue weighted by Gasteiger charge is 2.14. The predicted octanol–water partition coefficient (Wildman–Crippen LogP) is 1.50. The lowest BCUT2D eigenvalue weighted by Crippen LogP contribution is -2.12. The number of rotatable bonds is 8. The van der Waals surface area contributed by atoms with Crippen molar-refractivity contribution < 1.29 is 19.0 Å². The van der Waals surface area contributed by atoms with Crippen molar-refractivity contribution >= 4 is 5.97 Å². The first kappa shape index (κ1) is 15.0. The number of hydrogen-bond acceptors (Lipinski definition) is 5. The molecule has 1 aliphatic heterocycles. The first-order valence-corrected chi connectivity index (χ1v) is 6.87. The van der Waals surface area contributed by atoms with Gasteiger partial charge < -0.3 is 19.5 Å². The minimum atomic E-state index is -0.291. The first-order chi connectivity index (χ1) is 9.81. The summed E-state index contributed by atoms with van der Waals surface area (Å²) in [7, 11) is 1.66. The molecule has 0 spiro atoms. The molecule has 0 bridgehead atoms. The molecular weight excluding hydrogens is 258 g/mol. The average Bonchev–Trinajstić information content (AvgIpc) is 2.93. The van der Waals surface area contributed by atoms with Crippen molar-refractivity contribution in [3.05, 3.63) is 34.9 Å². The zero-order valence-electron chi connectivity index (χ0n) is 11.8. The van der Waals surface area contributed by atoms with Crippen LogP contribution in [0.15, 0.2) is 18.2 Å². The van der Waals surface area contributed by atoms with Crippen LogP contribution in [0.4, 0.5) is 0 Å². The van der Waals surface area contributed by atoms with Gasteiger partial charge in [0.1, 0.15) is 6.61 Å². The van der Waals surface area contributed by atoms with Crippen LogP contribution in [-0.2, 0) is 27.3 Å². The van der Waals surface area contributed by atoms with E-state index >= 15 is 0 Å². The molecule has 20 heavy (non-hydrogen) atoms. The van der Waals surface area contributed by atoms with Crippen LogP contribution >= 0.6 is 0 Å². The molecule has 0 amide bonds. The summed E-state index contributed by atoms with van der Waals surface area (Å²) in [6.45, 7) is 3.70. The quantitative estimate of drug-likeness (QED) is 0.577. The lowest BCUT2D eigenvalue weighted by atomic mass is 10.1. The summed E-state index contributed by atoms with van der Waals surface area (Å²) in [5.74, 6) is -0.291. The van der Waals surface area contributed by atoms with Crippen LogP contribution in [0.1, 0.15) is 27.9 Å². The summed E-state index contributed by atoms with van der Waals surface area (Å²) in [4.78, 5) is 11.9. The fraction of sp³-hybridized carbons (Fsp3) is 0.533. The molecule has 110 valence electrons. The predicted molar refractivity (Wildman–Crippen MR) is 74.6 cm³/mol. The number of methoxy groups -OCH3 is 1. The van der Waals surface area contributed by atoms with Gasteiger partial charge in [0, 0.05) is 33.4 Å². The maximum Gasteiger partial charge on any atom is 0.338 e. The number of ether oxygens (including phenoxy) is 3. The number of nitrogens with one attached hydrogen (secondary N) is 1. The molecule has 0 aliphatic carbocycles. The molecule has 0 atom stereocenters. The fourth-order valence-corrected chi connectivity index (χ4v) is 2.11. The number of carbonyl (C=O) groups excluding carboxylic acids is 1. The van der Waals surface area contributed by atoms with Crippen molar-refractivity contribution in [3.63, 3.8) is 0 Å². The van der Waals surface area contributed by atoms with Crippen LogP contribution in [0, 0.1) is 0 Å². The average molecular weight is 279 g/mol. The van der Waals surface area contributed by atoms with Crippen LogP contribution in [-0.4, -0.2) is 39.5 Å². The Hall–Kier alpha value is -1.43. The van der Waals surface area contributed by atoms with Gasteiger partial charge >= 0.3 is 5.97 Å². The first-order valence-electron chi connectivity index (χ1n) is 6.87. The van der Waals surface area contributed by atoms with E-state index in [1.165, 1.54) is 11.1 Å². The molecule has 1 aromatic carbocycles. The highest BCUT2D eigenvalue weighted by molar-refractivity contribution is 5.89. The Morgan fingerprint density at radius 3 is 2.85 bits per heavy atom. The van der Waals surface area contributed by atoms with E-state index in [1.54, 1.807) is 7.11 Å². The van der Waals surface area contributed by atoms with Crippen molar-refractivity contribution in [2.75, 3.05) is 33.5 Å². The van der Waals surface area contributed by atoms with Crippen LogP contribution in [0.25, 0.3) is 0 Å². The van der Waals surface area contributed by atoms with E-state index in [0.29, 0.717) is 25.4 Å². The number of hydrogen-bond donors (Lipinski definition) is 1. The standard InChI is InChI=1S/C15H21NO4/c1-18-5-2-6-19-7-8-20-15(17)12-3-4-13-10-16-11-14(13)9-12/h3-4,9,16H,2,5-8,10-11H2,1H3. The normalized spacial score (nSPS) is 13.2. The van der Waals surface area contributed by atoms with Crippen molar-refractivity contribution in [1.82, 2.24) is 5.32 Å². The number of fused-ring (bicyclic) bond motifs is 1. The topological polar surface area (TPSA) is 56.8 Å². The minimum absolute atomic E-state index is 0.279. The van der Waals surface area contributed by atoms with E-state index in [4.69, 9.17) is 14.2 Å². The van der Waals surface area contributed by atoms with Gasteiger partial charge in [0.05, 0.1) is 12.2 Å². The Bertz CT molecular complexity index is 447. The molecule has 0 saturated carbocycles. The summed E-state index contributed by atoms with van der Waals surface area (Å²) < 4.78 is 15.4. The number of esters is 1. The Morgan fingerprint density at radius 2 is 2.00 bits per heavy atom. The fourth-order valence-electron chi connectivity index (χ4n) is 2.11. The molecule has 0 saturated heterocycles. The van der Waals surface area contributed by atoms with Gasteiger partial charge in [-0.2, -0.15) is 0 Å². The SMILES string of the molecule is COCCCOCCOC(=O)c1ccc2c(c1)CNC2. The van der Waals surface area contributed by atoms with Gasteiger partial charge in [0.25, 0.3) is 0 Å². The Labute approximate surface area is 119 Å². The van der Waals surface area contributed by atoms with Crippen LogP contribution in [0.5, 0.6) is 0 Å². The van der Waals surface area contributed by atoms with E-state index in [0.717, 1.165) is 19.5 Å². The van der Waals surface area contributed by atoms with Gasteiger partial charge in [0.2, 0.25) is 0 Å². The molecule has 2 rings (SSSR count). The Morgan fingerprint density at radius 1 is 1.15 bits per heavy atom. The number of benzene rings is 1. The second-order valence-corrected chi connectivity index (χ2v) is 4.68. The zero-order valence-corrected chi connectivity index (χ0v) is 11.8. The summed E-state index contributed by atoms with van der Waals surface area (Å²) in [5, 5.41) is 3.25. The van der Waals surface area contributed by atoms with Gasteiger partial charge in [0.15, 0.2) is 0 Å². The van der Waals surface area contributed by atoms with E-state index < -0.39 is 0 Å². The minimum Gasteiger partial charge on any atom is -0.460 e. The summed E-state index contributed by atoms with van der Waals surface area (Å²) in [5.41, 5.74) is 3.03. The van der Waals surface area contributed by atoms with Crippen LogP contribution in [0.3, 0.4) is 0 Å². The second-order valence-electron chi connectivity index (χ2n) is 4.68. The van der Waals surface area contributed by atoms with Gasteiger partial charge in [-0.25, -0.2) is 4.79 Å². The largest absolute Gasteiger partial charge is 0.460 e. The molecule has 0 aromatic heterocycles. The maximum atomic E-state index is 11.9. The van der Waals surface area contributed by atoms with E-state index in [1.807, 2.05) is 18.2 Å². The molecule has 5 heteroatoms. The van der Waals surface area contributed by atoms with Crippen molar-refractivity contribution in [2.45, 2.75) is 19.5 Å². The summed E-state index contributed by atoms with van der Waals surface area (Å²) >= 11 is 0. The van der Waals surface area contributed by atoms with Crippen molar-refractivity contribution in [2.24, 2.45) is 0 Å². The zero-order chi connectivity index (χ0) is 14.2. The van der Waals surface area contributed by atoms with Crippen molar-refractivity contribution in [1.29, 1.82) is 0 Å². The Kier molecular flexibility index (Phi) is 5.98. The van der Waals surface area contributed by atoms with Crippen LogP contribution < -0.4 is 5.32 Å². The molecule has 0 radical (unpaired) electrons. The highest BCUT2D eigenvalue weighted by Crippen LogP contribution is 2.17.